The molecule has 0 spiro atoms. The monoisotopic (exact) mass is 619 g/mol. The van der Waals surface area contributed by atoms with Gasteiger partial charge >= 0.3 is 12.1 Å². The third-order valence-corrected chi connectivity index (χ3v) is 8.55. The van der Waals surface area contributed by atoms with E-state index in [1.807, 2.05) is 24.3 Å². The molecule has 0 unspecified atom stereocenters. The average molecular weight is 620 g/mol. The molecule has 4 amide bonds. The minimum absolute atomic E-state index is 0.00436. The van der Waals surface area contributed by atoms with Crippen LogP contribution in [-0.2, 0) is 19.1 Å². The van der Waals surface area contributed by atoms with Crippen LogP contribution in [0.3, 0.4) is 0 Å². The van der Waals surface area contributed by atoms with Gasteiger partial charge in [0.2, 0.25) is 11.8 Å². The van der Waals surface area contributed by atoms with Crippen LogP contribution in [0.15, 0.2) is 48.7 Å². The van der Waals surface area contributed by atoms with Gasteiger partial charge in [-0.2, -0.15) is 0 Å². The van der Waals surface area contributed by atoms with E-state index in [0.29, 0.717) is 23.9 Å². The summed E-state index contributed by atoms with van der Waals surface area (Å²) in [5.41, 5.74) is -1.20. The molecule has 5 atom stereocenters. The van der Waals surface area contributed by atoms with E-state index >= 15 is 0 Å². The van der Waals surface area contributed by atoms with Crippen LogP contribution in [0.25, 0.3) is 10.9 Å². The maximum absolute atomic E-state index is 14.1. The molecule has 2 aliphatic heterocycles. The van der Waals surface area contributed by atoms with E-state index in [1.165, 1.54) is 4.90 Å². The van der Waals surface area contributed by atoms with Gasteiger partial charge in [-0.3, -0.25) is 19.4 Å². The number of alkyl carbamates (subject to hydrolysis) is 1. The van der Waals surface area contributed by atoms with Crippen molar-refractivity contribution >= 4 is 40.7 Å². The summed E-state index contributed by atoms with van der Waals surface area (Å²) in [5.74, 6) is -2.98. The van der Waals surface area contributed by atoms with Gasteiger partial charge in [-0.25, -0.2) is 9.59 Å². The summed E-state index contributed by atoms with van der Waals surface area (Å²) in [6.07, 6.45) is 8.34. The molecule has 12 heteroatoms. The highest BCUT2D eigenvalue weighted by atomic mass is 16.6. The predicted octanol–water partition coefficient (Wildman–Crippen LogP) is 3.31. The third kappa shape index (κ3) is 7.43. The number of amides is 4. The standard InChI is InChI=1S/C33H41N5O7/c1-32(2,3)45-31(44)36-24-12-8-6-4-5-7-11-22-18-33(22,30(42)43)37-28(40)26-17-23(19-38(26)29(24)41)35-27(39)21-14-13-20-10-9-15-34-25(20)16-21/h7,9-11,13-16,22-24,26H,4-6,8,12,17-19H2,1-3H3,(H,35,39)(H,36,44)(H,37,40)(H,42,43)/b11-7-/t22-,23+,24-,26-,33+/m0/s1. The van der Waals surface area contributed by atoms with Gasteiger partial charge in [-0.1, -0.05) is 37.1 Å². The SMILES string of the molecule is CC(C)(C)OC(=O)N[C@H]1CCCCC/C=C\[C@H]2C[C@@]2(C(=O)O)NC(=O)[C@@H]2C[C@@H](NC(=O)c3ccc4cccnc4c3)CN2C1=O. The molecule has 1 aromatic heterocycles. The first kappa shape index (κ1) is 31.9. The summed E-state index contributed by atoms with van der Waals surface area (Å²) in [4.78, 5) is 71.9. The Balaban J connectivity index is 1.40. The van der Waals surface area contributed by atoms with Crippen molar-refractivity contribution in [2.75, 3.05) is 6.54 Å². The Kier molecular flexibility index (Phi) is 9.13. The number of carboxylic acid groups (broad SMARTS) is 1. The molecule has 3 aliphatic rings. The van der Waals surface area contributed by atoms with Crippen LogP contribution in [0, 0.1) is 5.92 Å². The molecule has 1 aliphatic carbocycles. The molecular weight excluding hydrogens is 578 g/mol. The summed E-state index contributed by atoms with van der Waals surface area (Å²) in [5, 5.41) is 19.3. The summed E-state index contributed by atoms with van der Waals surface area (Å²) in [7, 11) is 0. The first-order valence-electron chi connectivity index (χ1n) is 15.5. The van der Waals surface area contributed by atoms with Crippen LogP contribution in [0.2, 0.25) is 0 Å². The minimum atomic E-state index is -1.45. The van der Waals surface area contributed by atoms with Gasteiger partial charge in [-0.15, -0.1) is 0 Å². The normalized spacial score (nSPS) is 28.0. The van der Waals surface area contributed by atoms with Crippen LogP contribution in [0.5, 0.6) is 0 Å². The Morgan fingerprint density at radius 3 is 2.67 bits per heavy atom. The number of rotatable bonds is 4. The number of carboxylic acids is 1. The molecule has 0 bridgehead atoms. The predicted molar refractivity (Wildman–Crippen MR) is 165 cm³/mol. The lowest BCUT2D eigenvalue weighted by molar-refractivity contribution is -0.145. The second-order valence-electron chi connectivity index (χ2n) is 13.2. The molecule has 1 aromatic carbocycles. The highest BCUT2D eigenvalue weighted by molar-refractivity contribution is 5.99. The number of benzene rings is 1. The Hall–Kier alpha value is -4.48. The van der Waals surface area contributed by atoms with Gasteiger partial charge < -0.3 is 30.7 Å². The second kappa shape index (κ2) is 12.9. The number of carbonyl (C=O) groups excluding carboxylic acids is 4. The summed E-state index contributed by atoms with van der Waals surface area (Å²) in [6, 6.07) is 6.22. The van der Waals surface area contributed by atoms with Gasteiger partial charge in [0.15, 0.2) is 0 Å². The zero-order valence-corrected chi connectivity index (χ0v) is 25.9. The van der Waals surface area contributed by atoms with Crippen LogP contribution in [0.1, 0.15) is 76.1 Å². The van der Waals surface area contributed by atoms with Gasteiger partial charge in [0, 0.05) is 35.7 Å². The largest absolute Gasteiger partial charge is 0.479 e. The third-order valence-electron chi connectivity index (χ3n) is 8.55. The lowest BCUT2D eigenvalue weighted by atomic mass is 10.0. The number of pyridine rings is 1. The van der Waals surface area contributed by atoms with Crippen molar-refractivity contribution in [1.82, 2.24) is 25.8 Å². The van der Waals surface area contributed by atoms with Gasteiger partial charge in [0.25, 0.3) is 5.91 Å². The summed E-state index contributed by atoms with van der Waals surface area (Å²) in [6.45, 7) is 5.18. The van der Waals surface area contributed by atoms with Crippen molar-refractivity contribution in [3.8, 4) is 0 Å². The van der Waals surface area contributed by atoms with E-state index in [2.05, 4.69) is 20.9 Å². The van der Waals surface area contributed by atoms with E-state index in [4.69, 9.17) is 4.74 Å². The van der Waals surface area contributed by atoms with Crippen molar-refractivity contribution in [2.24, 2.45) is 5.92 Å². The smallest absolute Gasteiger partial charge is 0.408 e. The van der Waals surface area contributed by atoms with E-state index in [-0.39, 0.29) is 31.2 Å². The number of hydrogen-bond acceptors (Lipinski definition) is 7. The number of nitrogens with one attached hydrogen (secondary N) is 3. The molecule has 1 saturated carbocycles. The van der Waals surface area contributed by atoms with Gasteiger partial charge in [-0.05, 0) is 71.1 Å². The van der Waals surface area contributed by atoms with Crippen molar-refractivity contribution in [3.63, 3.8) is 0 Å². The number of carbonyl (C=O) groups is 5. The number of ether oxygens (including phenoxy) is 1. The summed E-state index contributed by atoms with van der Waals surface area (Å²) >= 11 is 0. The Bertz CT molecular complexity index is 1520. The topological polar surface area (TPSA) is 167 Å². The minimum Gasteiger partial charge on any atom is -0.479 e. The molecule has 240 valence electrons. The highest BCUT2D eigenvalue weighted by Gasteiger charge is 2.61. The second-order valence-corrected chi connectivity index (χ2v) is 13.2. The van der Waals surface area contributed by atoms with Crippen LogP contribution >= 0.6 is 0 Å². The number of allylic oxidation sites excluding steroid dienone is 1. The first-order valence-corrected chi connectivity index (χ1v) is 15.5. The number of nitrogens with zero attached hydrogens (tertiary/aromatic N) is 2. The molecule has 0 radical (unpaired) electrons. The van der Waals surface area contributed by atoms with Crippen LogP contribution < -0.4 is 16.0 Å². The zero-order chi connectivity index (χ0) is 32.4. The fourth-order valence-electron chi connectivity index (χ4n) is 6.13. The number of hydrogen-bond donors (Lipinski definition) is 4. The van der Waals surface area contributed by atoms with E-state index in [0.717, 1.165) is 24.6 Å². The molecule has 1 saturated heterocycles. The Morgan fingerprint density at radius 2 is 1.91 bits per heavy atom. The van der Waals surface area contributed by atoms with E-state index in [9.17, 15) is 29.1 Å². The van der Waals surface area contributed by atoms with Crippen molar-refractivity contribution < 1.29 is 33.8 Å². The maximum Gasteiger partial charge on any atom is 0.408 e. The molecule has 3 heterocycles. The van der Waals surface area contributed by atoms with E-state index in [1.54, 1.807) is 45.2 Å². The lowest BCUT2D eigenvalue weighted by Crippen LogP contribution is -2.56. The summed E-state index contributed by atoms with van der Waals surface area (Å²) < 4.78 is 5.42. The quantitative estimate of drug-likeness (QED) is 0.378. The molecule has 5 rings (SSSR count). The fraction of sp³-hybridized carbons (Fsp3) is 0.515. The molecule has 12 nitrogen and oxygen atoms in total. The van der Waals surface area contributed by atoms with Crippen LogP contribution in [0.4, 0.5) is 4.79 Å². The lowest BCUT2D eigenvalue weighted by Gasteiger charge is -2.30. The van der Waals surface area contributed by atoms with Gasteiger partial charge in [0.1, 0.15) is 23.2 Å². The molecule has 4 N–H and O–H groups in total. The number of aromatic nitrogens is 1. The molecule has 2 fully saturated rings. The van der Waals surface area contributed by atoms with Gasteiger partial charge in [0.05, 0.1) is 5.52 Å². The van der Waals surface area contributed by atoms with Crippen molar-refractivity contribution in [2.45, 2.75) is 95.0 Å². The molecular formula is C33H41N5O7. The Labute approximate surface area is 262 Å². The highest BCUT2D eigenvalue weighted by Crippen LogP contribution is 2.45. The Morgan fingerprint density at radius 1 is 1.11 bits per heavy atom. The average Bonchev–Trinajstić information content (AvgIpc) is 3.51. The van der Waals surface area contributed by atoms with Crippen molar-refractivity contribution in [1.29, 1.82) is 0 Å². The maximum atomic E-state index is 14.1. The number of aliphatic carboxylic acids is 1. The number of fused-ring (bicyclic) bond motifs is 3. The zero-order valence-electron chi connectivity index (χ0n) is 25.9. The van der Waals surface area contributed by atoms with Crippen LogP contribution in [-0.4, -0.2) is 80.6 Å². The van der Waals surface area contributed by atoms with Crippen molar-refractivity contribution in [3.05, 3.63) is 54.2 Å². The molecule has 2 aromatic rings. The first-order chi connectivity index (χ1) is 21.4. The van der Waals surface area contributed by atoms with E-state index < -0.39 is 53.1 Å². The molecule has 45 heavy (non-hydrogen) atoms. The fourth-order valence-corrected chi connectivity index (χ4v) is 6.13.